The summed E-state index contributed by atoms with van der Waals surface area (Å²) in [5.74, 6) is 0.975. The van der Waals surface area contributed by atoms with Gasteiger partial charge in [-0.25, -0.2) is 0 Å². The molecule has 12 heavy (non-hydrogen) atoms. The van der Waals surface area contributed by atoms with Crippen LogP contribution in [-0.4, -0.2) is 23.8 Å². The van der Waals surface area contributed by atoms with Gasteiger partial charge < -0.3 is 10.4 Å². The van der Waals surface area contributed by atoms with Crippen LogP contribution in [0.4, 0.5) is 0 Å². The average molecular weight is 171 g/mol. The lowest BCUT2D eigenvalue weighted by Gasteiger charge is -2.27. The normalized spacial score (nSPS) is 29.2. The van der Waals surface area contributed by atoms with Gasteiger partial charge in [0.1, 0.15) is 0 Å². The van der Waals surface area contributed by atoms with Crippen LogP contribution in [0.5, 0.6) is 0 Å². The molecule has 0 aliphatic carbocycles. The summed E-state index contributed by atoms with van der Waals surface area (Å²) in [4.78, 5) is 0. The Morgan fingerprint density at radius 2 is 2.00 bits per heavy atom. The molecule has 0 spiro atoms. The van der Waals surface area contributed by atoms with Crippen LogP contribution in [0.15, 0.2) is 0 Å². The maximum Gasteiger partial charge on any atom is 0.0721 e. The molecule has 1 heterocycles. The van der Waals surface area contributed by atoms with Gasteiger partial charge in [-0.05, 0) is 31.2 Å². The van der Waals surface area contributed by atoms with Crippen LogP contribution < -0.4 is 5.32 Å². The molecule has 1 saturated heterocycles. The van der Waals surface area contributed by atoms with E-state index in [1.165, 1.54) is 6.42 Å². The molecular weight excluding hydrogens is 150 g/mol. The standard InChI is InChI=1S/C10H21NO/c1-7(2)8(3)10(12)9-5-4-6-11-9/h7-12H,4-6H2,1-3H3/t8?,9-,10?/m1/s1. The molecule has 0 aromatic carbocycles. The highest BCUT2D eigenvalue weighted by molar-refractivity contribution is 4.84. The van der Waals surface area contributed by atoms with Crippen LogP contribution in [0.1, 0.15) is 33.6 Å². The summed E-state index contributed by atoms with van der Waals surface area (Å²) in [6.45, 7) is 7.55. The second kappa shape index (κ2) is 4.24. The second-order valence-corrected chi connectivity index (χ2v) is 4.30. The lowest BCUT2D eigenvalue weighted by Crippen LogP contribution is -2.40. The van der Waals surface area contributed by atoms with Gasteiger partial charge >= 0.3 is 0 Å². The maximum atomic E-state index is 9.93. The Morgan fingerprint density at radius 3 is 2.42 bits per heavy atom. The van der Waals surface area contributed by atoms with Crippen molar-refractivity contribution in [3.05, 3.63) is 0 Å². The zero-order chi connectivity index (χ0) is 9.14. The maximum absolute atomic E-state index is 9.93. The number of hydrogen-bond donors (Lipinski definition) is 2. The quantitative estimate of drug-likeness (QED) is 0.672. The van der Waals surface area contributed by atoms with Crippen molar-refractivity contribution in [2.24, 2.45) is 11.8 Å². The van der Waals surface area contributed by atoms with Gasteiger partial charge in [0.15, 0.2) is 0 Å². The first kappa shape index (κ1) is 10.0. The van der Waals surface area contributed by atoms with E-state index in [0.717, 1.165) is 13.0 Å². The number of aliphatic hydroxyl groups excluding tert-OH is 1. The highest BCUT2D eigenvalue weighted by atomic mass is 16.3. The van der Waals surface area contributed by atoms with Crippen molar-refractivity contribution in [1.29, 1.82) is 0 Å². The molecule has 1 aliphatic rings. The summed E-state index contributed by atoms with van der Waals surface area (Å²) in [6, 6.07) is 0.349. The first-order valence-electron chi connectivity index (χ1n) is 5.04. The van der Waals surface area contributed by atoms with Crippen molar-refractivity contribution in [1.82, 2.24) is 5.32 Å². The Balaban J connectivity index is 2.39. The Morgan fingerprint density at radius 1 is 1.33 bits per heavy atom. The summed E-state index contributed by atoms with van der Waals surface area (Å²) >= 11 is 0. The molecule has 0 saturated carbocycles. The van der Waals surface area contributed by atoms with E-state index in [4.69, 9.17) is 0 Å². The van der Waals surface area contributed by atoms with E-state index in [0.29, 0.717) is 17.9 Å². The highest BCUT2D eigenvalue weighted by Gasteiger charge is 2.28. The minimum atomic E-state index is -0.160. The zero-order valence-corrected chi connectivity index (χ0v) is 8.38. The molecule has 0 bridgehead atoms. The minimum absolute atomic E-state index is 0.160. The summed E-state index contributed by atoms with van der Waals surface area (Å²) in [5.41, 5.74) is 0. The fourth-order valence-electron chi connectivity index (χ4n) is 1.76. The highest BCUT2D eigenvalue weighted by Crippen LogP contribution is 2.21. The fraction of sp³-hybridized carbons (Fsp3) is 1.00. The molecule has 1 fully saturated rings. The third kappa shape index (κ3) is 2.20. The molecule has 0 aromatic rings. The van der Waals surface area contributed by atoms with Crippen LogP contribution in [0.25, 0.3) is 0 Å². The Bertz CT molecular complexity index is 128. The molecule has 72 valence electrons. The molecule has 2 N–H and O–H groups in total. The van der Waals surface area contributed by atoms with Gasteiger partial charge in [-0.1, -0.05) is 20.8 Å². The third-order valence-corrected chi connectivity index (χ3v) is 3.10. The Hall–Kier alpha value is -0.0800. The molecule has 0 radical (unpaired) electrons. The molecule has 1 aliphatic heterocycles. The molecule has 2 unspecified atom stereocenters. The molecule has 1 rings (SSSR count). The van der Waals surface area contributed by atoms with Crippen molar-refractivity contribution in [3.63, 3.8) is 0 Å². The monoisotopic (exact) mass is 171 g/mol. The Kier molecular flexibility index (Phi) is 3.53. The zero-order valence-electron chi connectivity index (χ0n) is 8.38. The minimum Gasteiger partial charge on any atom is -0.391 e. The molecule has 0 aromatic heterocycles. The number of nitrogens with one attached hydrogen (secondary N) is 1. The van der Waals surface area contributed by atoms with Crippen LogP contribution in [-0.2, 0) is 0 Å². The van der Waals surface area contributed by atoms with Crippen molar-refractivity contribution in [2.45, 2.75) is 45.8 Å². The molecule has 2 nitrogen and oxygen atoms in total. The van der Waals surface area contributed by atoms with E-state index in [-0.39, 0.29) is 6.10 Å². The number of aliphatic hydroxyl groups is 1. The lowest BCUT2D eigenvalue weighted by molar-refractivity contribution is 0.0617. The SMILES string of the molecule is CC(C)C(C)C(O)[C@H]1CCCN1. The smallest absolute Gasteiger partial charge is 0.0721 e. The van der Waals surface area contributed by atoms with Gasteiger partial charge in [0.2, 0.25) is 0 Å². The summed E-state index contributed by atoms with van der Waals surface area (Å²) < 4.78 is 0. The molecule has 2 heteroatoms. The van der Waals surface area contributed by atoms with E-state index in [1.54, 1.807) is 0 Å². The van der Waals surface area contributed by atoms with Gasteiger partial charge in [-0.15, -0.1) is 0 Å². The van der Waals surface area contributed by atoms with Crippen LogP contribution in [0.3, 0.4) is 0 Å². The fourth-order valence-corrected chi connectivity index (χ4v) is 1.76. The van der Waals surface area contributed by atoms with Gasteiger partial charge in [0, 0.05) is 6.04 Å². The predicted octanol–water partition coefficient (Wildman–Crippen LogP) is 1.39. The van der Waals surface area contributed by atoms with Gasteiger partial charge in [-0.3, -0.25) is 0 Å². The largest absolute Gasteiger partial charge is 0.391 e. The lowest BCUT2D eigenvalue weighted by atomic mass is 9.88. The number of rotatable bonds is 3. The Labute approximate surface area is 75.4 Å². The van der Waals surface area contributed by atoms with E-state index in [9.17, 15) is 5.11 Å². The summed E-state index contributed by atoms with van der Waals surface area (Å²) in [5, 5.41) is 13.3. The summed E-state index contributed by atoms with van der Waals surface area (Å²) in [7, 11) is 0. The number of hydrogen-bond acceptors (Lipinski definition) is 2. The van der Waals surface area contributed by atoms with E-state index < -0.39 is 0 Å². The van der Waals surface area contributed by atoms with Crippen molar-refractivity contribution >= 4 is 0 Å². The van der Waals surface area contributed by atoms with Gasteiger partial charge in [-0.2, -0.15) is 0 Å². The van der Waals surface area contributed by atoms with Crippen LogP contribution >= 0.6 is 0 Å². The van der Waals surface area contributed by atoms with Crippen molar-refractivity contribution in [2.75, 3.05) is 6.54 Å². The summed E-state index contributed by atoms with van der Waals surface area (Å²) in [6.07, 6.45) is 2.19. The first-order valence-corrected chi connectivity index (χ1v) is 5.04. The molecular formula is C10H21NO. The van der Waals surface area contributed by atoms with E-state index in [2.05, 4.69) is 26.1 Å². The van der Waals surface area contributed by atoms with E-state index >= 15 is 0 Å². The first-order chi connectivity index (χ1) is 5.63. The topological polar surface area (TPSA) is 32.3 Å². The van der Waals surface area contributed by atoms with Crippen molar-refractivity contribution < 1.29 is 5.11 Å². The van der Waals surface area contributed by atoms with Crippen LogP contribution in [0, 0.1) is 11.8 Å². The van der Waals surface area contributed by atoms with Gasteiger partial charge in [0.25, 0.3) is 0 Å². The third-order valence-electron chi connectivity index (χ3n) is 3.10. The average Bonchev–Trinajstić information content (AvgIpc) is 2.53. The van der Waals surface area contributed by atoms with E-state index in [1.807, 2.05) is 0 Å². The van der Waals surface area contributed by atoms with Crippen LogP contribution in [0.2, 0.25) is 0 Å². The predicted molar refractivity (Wildman–Crippen MR) is 51.0 cm³/mol. The molecule has 3 atom stereocenters. The molecule has 0 amide bonds. The van der Waals surface area contributed by atoms with Gasteiger partial charge in [0.05, 0.1) is 6.10 Å². The second-order valence-electron chi connectivity index (χ2n) is 4.30. The van der Waals surface area contributed by atoms with Crippen molar-refractivity contribution in [3.8, 4) is 0 Å².